The third-order valence-electron chi connectivity index (χ3n) is 5.71. The molecule has 33 heavy (non-hydrogen) atoms. The molecule has 0 aromatic heterocycles. The predicted octanol–water partition coefficient (Wildman–Crippen LogP) is 2.02. The highest BCUT2D eigenvalue weighted by molar-refractivity contribution is 5.89. The van der Waals surface area contributed by atoms with E-state index in [1.807, 2.05) is 12.2 Å². The lowest BCUT2D eigenvalue weighted by Gasteiger charge is -2.44. The van der Waals surface area contributed by atoms with Crippen LogP contribution < -0.4 is 0 Å². The highest BCUT2D eigenvalue weighted by Gasteiger charge is 2.53. The van der Waals surface area contributed by atoms with E-state index in [4.69, 9.17) is 23.7 Å². The number of rotatable bonds is 4. The Morgan fingerprint density at radius 2 is 1.58 bits per heavy atom. The van der Waals surface area contributed by atoms with Crippen molar-refractivity contribution in [2.45, 2.75) is 57.4 Å². The summed E-state index contributed by atoms with van der Waals surface area (Å²) in [6.45, 7) is 2.89. The molecule has 9 nitrogen and oxygen atoms in total. The number of hydrogen-bond acceptors (Lipinski definition) is 9. The van der Waals surface area contributed by atoms with Crippen LogP contribution in [0.5, 0.6) is 0 Å². The fourth-order valence-electron chi connectivity index (χ4n) is 3.68. The van der Waals surface area contributed by atoms with E-state index >= 15 is 0 Å². The Balaban J connectivity index is 1.97. The largest absolute Gasteiger partial charge is 0.454 e. The molecule has 0 unspecified atom stereocenters. The van der Waals surface area contributed by atoms with Gasteiger partial charge in [-0.05, 0) is 25.0 Å². The maximum absolute atomic E-state index is 12.8. The summed E-state index contributed by atoms with van der Waals surface area (Å²) in [5.74, 6) is -2.76. The van der Waals surface area contributed by atoms with Crippen LogP contribution in [0.15, 0.2) is 42.5 Å². The molecule has 1 N–H and O–H groups in total. The van der Waals surface area contributed by atoms with E-state index in [0.29, 0.717) is 12.8 Å². The number of fused-ring (bicyclic) bond motifs is 1. The molecule has 2 heterocycles. The molecule has 2 aliphatic heterocycles. The zero-order valence-electron chi connectivity index (χ0n) is 18.9. The van der Waals surface area contributed by atoms with Gasteiger partial charge in [-0.2, -0.15) is 0 Å². The lowest BCUT2D eigenvalue weighted by molar-refractivity contribution is -0.301. The van der Waals surface area contributed by atoms with Crippen LogP contribution >= 0.6 is 0 Å². The second kappa shape index (κ2) is 11.4. The number of allylic oxidation sites excluding steroid dienone is 2. The predicted molar refractivity (Wildman–Crippen MR) is 115 cm³/mol. The van der Waals surface area contributed by atoms with Crippen molar-refractivity contribution in [3.8, 4) is 0 Å². The minimum absolute atomic E-state index is 0.267. The summed E-state index contributed by atoms with van der Waals surface area (Å²) in [6.07, 6.45) is -1.41. The third kappa shape index (κ3) is 5.98. The molecule has 1 aromatic rings. The molecule has 0 spiro atoms. The van der Waals surface area contributed by atoms with Gasteiger partial charge in [0.1, 0.15) is 6.10 Å². The first kappa shape index (κ1) is 24.9. The number of carbonyl (C=O) groups is 3. The Morgan fingerprint density at radius 1 is 1.00 bits per heavy atom. The topological polar surface area (TPSA) is 118 Å². The normalized spacial score (nSPS) is 33.0. The summed E-state index contributed by atoms with van der Waals surface area (Å²) < 4.78 is 28.1. The van der Waals surface area contributed by atoms with E-state index in [-0.39, 0.29) is 5.56 Å². The van der Waals surface area contributed by atoms with Crippen LogP contribution in [0, 0.1) is 11.8 Å². The van der Waals surface area contributed by atoms with Crippen LogP contribution in [0.3, 0.4) is 0 Å². The minimum atomic E-state index is -1.25. The van der Waals surface area contributed by atoms with Crippen molar-refractivity contribution in [2.75, 3.05) is 13.7 Å². The van der Waals surface area contributed by atoms with E-state index in [2.05, 4.69) is 0 Å². The van der Waals surface area contributed by atoms with Crippen LogP contribution in [0.25, 0.3) is 0 Å². The fourth-order valence-corrected chi connectivity index (χ4v) is 3.68. The van der Waals surface area contributed by atoms with Crippen molar-refractivity contribution in [1.82, 2.24) is 0 Å². The summed E-state index contributed by atoms with van der Waals surface area (Å²) in [5, 5.41) is 9.94. The highest BCUT2D eigenvalue weighted by Crippen LogP contribution is 2.31. The van der Waals surface area contributed by atoms with Crippen molar-refractivity contribution >= 4 is 17.9 Å². The number of benzene rings is 1. The van der Waals surface area contributed by atoms with Crippen molar-refractivity contribution in [2.24, 2.45) is 11.8 Å². The summed E-state index contributed by atoms with van der Waals surface area (Å²) in [7, 11) is 1.34. The van der Waals surface area contributed by atoms with E-state index in [9.17, 15) is 19.5 Å². The van der Waals surface area contributed by atoms with Gasteiger partial charge in [-0.25, -0.2) is 4.79 Å². The number of aliphatic hydroxyl groups is 1. The first-order chi connectivity index (χ1) is 15.8. The molecule has 1 saturated heterocycles. The second-order valence-corrected chi connectivity index (χ2v) is 8.25. The van der Waals surface area contributed by atoms with Crippen molar-refractivity contribution in [3.63, 3.8) is 0 Å². The number of aliphatic hydroxyl groups excluding tert-OH is 1. The van der Waals surface area contributed by atoms with Crippen LogP contribution in [-0.4, -0.2) is 67.4 Å². The second-order valence-electron chi connectivity index (χ2n) is 8.25. The van der Waals surface area contributed by atoms with Gasteiger partial charge in [0.25, 0.3) is 0 Å². The molecule has 2 aliphatic rings. The van der Waals surface area contributed by atoms with E-state index in [0.717, 1.165) is 0 Å². The number of hydrogen-bond donors (Lipinski definition) is 1. The quantitative estimate of drug-likeness (QED) is 0.407. The van der Waals surface area contributed by atoms with Crippen LogP contribution in [0.1, 0.15) is 37.0 Å². The molecule has 180 valence electrons. The molecule has 0 radical (unpaired) electrons. The zero-order chi connectivity index (χ0) is 24.0. The molecule has 0 amide bonds. The van der Waals surface area contributed by atoms with Gasteiger partial charge in [-0.3, -0.25) is 9.59 Å². The molecule has 0 bridgehead atoms. The molecule has 1 fully saturated rings. The van der Waals surface area contributed by atoms with Gasteiger partial charge in [0.2, 0.25) is 0 Å². The molecular formula is C24H30O9. The van der Waals surface area contributed by atoms with E-state index in [1.165, 1.54) is 7.11 Å². The van der Waals surface area contributed by atoms with Crippen molar-refractivity contribution in [1.29, 1.82) is 0 Å². The lowest BCUT2D eigenvalue weighted by Crippen LogP contribution is -2.63. The maximum atomic E-state index is 12.8. The number of methoxy groups -OCH3 is 1. The van der Waals surface area contributed by atoms with Crippen LogP contribution in [0.2, 0.25) is 0 Å². The van der Waals surface area contributed by atoms with Gasteiger partial charge in [0.15, 0.2) is 24.6 Å². The molecule has 7 atom stereocenters. The highest BCUT2D eigenvalue weighted by atomic mass is 16.7. The van der Waals surface area contributed by atoms with Crippen LogP contribution in [-0.2, 0) is 33.3 Å². The van der Waals surface area contributed by atoms with Gasteiger partial charge in [0.05, 0.1) is 24.0 Å². The van der Waals surface area contributed by atoms with Crippen molar-refractivity contribution < 1.29 is 43.2 Å². The van der Waals surface area contributed by atoms with Crippen LogP contribution in [0.4, 0.5) is 0 Å². The number of carbonyl (C=O) groups excluding carboxylic acids is 3. The van der Waals surface area contributed by atoms with Gasteiger partial charge < -0.3 is 28.8 Å². The molecular weight excluding hydrogens is 432 g/mol. The standard InChI is InChI=1S/C24H30O9/c1-14-9-7-8-10-15(2)22(27)33-20-19(32-21(14)26)18(17(13-25)30-24(20)29-3)31-23(28)16-11-5-4-6-12-16/h4-8,11-12,14-15,17-20,24-25H,9-10,13H2,1-3H3/t14-,15-,17+,18+,19-,20-,24-/m0/s1. The summed E-state index contributed by atoms with van der Waals surface area (Å²) in [5.41, 5.74) is 0.267. The fraction of sp³-hybridized carbons (Fsp3) is 0.542. The first-order valence-electron chi connectivity index (χ1n) is 11.0. The molecule has 9 heteroatoms. The lowest BCUT2D eigenvalue weighted by atomic mass is 9.96. The average molecular weight is 462 g/mol. The maximum Gasteiger partial charge on any atom is 0.338 e. The number of esters is 3. The smallest absolute Gasteiger partial charge is 0.338 e. The Bertz CT molecular complexity index is 853. The summed E-state index contributed by atoms with van der Waals surface area (Å²) in [4.78, 5) is 38.4. The number of ether oxygens (including phenoxy) is 5. The van der Waals surface area contributed by atoms with Crippen molar-refractivity contribution in [3.05, 3.63) is 48.0 Å². The van der Waals surface area contributed by atoms with E-state index < -0.39 is 67.1 Å². The zero-order valence-corrected chi connectivity index (χ0v) is 18.9. The van der Waals surface area contributed by atoms with Gasteiger partial charge >= 0.3 is 17.9 Å². The first-order valence-corrected chi connectivity index (χ1v) is 11.0. The molecule has 3 rings (SSSR count). The third-order valence-corrected chi connectivity index (χ3v) is 5.71. The Labute approximate surface area is 192 Å². The SMILES string of the molecule is CO[C@H]1O[C@H](CO)[C@@H](OC(=O)c2ccccc2)[C@@H]2OC(=O)[C@@H](C)CC=CC[C@H](C)C(=O)O[C@H]12. The average Bonchev–Trinajstić information content (AvgIpc) is 2.83. The van der Waals surface area contributed by atoms with E-state index in [1.54, 1.807) is 44.2 Å². The Morgan fingerprint density at radius 3 is 2.12 bits per heavy atom. The molecule has 0 aliphatic carbocycles. The minimum Gasteiger partial charge on any atom is -0.454 e. The van der Waals surface area contributed by atoms with Gasteiger partial charge in [-0.1, -0.05) is 44.2 Å². The monoisotopic (exact) mass is 462 g/mol. The summed E-state index contributed by atoms with van der Waals surface area (Å²) >= 11 is 0. The van der Waals surface area contributed by atoms with Gasteiger partial charge in [0, 0.05) is 7.11 Å². The Kier molecular flexibility index (Phi) is 8.60. The molecule has 0 saturated carbocycles. The van der Waals surface area contributed by atoms with Gasteiger partial charge in [-0.15, -0.1) is 0 Å². The molecule has 1 aromatic carbocycles. The Hall–Kier alpha value is -2.75. The summed E-state index contributed by atoms with van der Waals surface area (Å²) in [6, 6.07) is 8.24.